The fourth-order valence-corrected chi connectivity index (χ4v) is 4.19. The number of nitrogens with zero attached hydrogens (tertiary/aromatic N) is 6. The Kier molecular flexibility index (Phi) is 4.52. The van der Waals surface area contributed by atoms with Gasteiger partial charge in [-0.1, -0.05) is 0 Å². The molecule has 3 rings (SSSR count). The van der Waals surface area contributed by atoms with Crippen molar-refractivity contribution in [3.05, 3.63) is 29.7 Å². The lowest BCUT2D eigenvalue weighted by Crippen LogP contribution is -2.38. The molecule has 10 heteroatoms. The maximum absolute atomic E-state index is 12.3. The standard InChI is InChI=1S/C15H22N6O3S/c1-18(2)15(22)12-9-17-21-13(5-7-16-14(12)21)11-6-8-20(10-11)25(23,24)19(3)4/h5,7,9,11H,6,8,10H2,1-4H3/t11-/m0/s1. The summed E-state index contributed by atoms with van der Waals surface area (Å²) in [5, 5.41) is 4.32. The average Bonchev–Trinajstić information content (AvgIpc) is 3.21. The van der Waals surface area contributed by atoms with Crippen LogP contribution in [0.25, 0.3) is 5.65 Å². The van der Waals surface area contributed by atoms with Gasteiger partial charge < -0.3 is 4.90 Å². The van der Waals surface area contributed by atoms with Crippen LogP contribution in [-0.2, 0) is 10.2 Å². The van der Waals surface area contributed by atoms with Crippen LogP contribution in [0.15, 0.2) is 18.5 Å². The first-order chi connectivity index (χ1) is 11.7. The predicted molar refractivity (Wildman–Crippen MR) is 92.5 cm³/mol. The molecule has 0 aliphatic carbocycles. The number of amides is 1. The van der Waals surface area contributed by atoms with E-state index in [1.807, 2.05) is 6.07 Å². The predicted octanol–water partition coefficient (Wildman–Crippen LogP) is 0.0268. The third kappa shape index (κ3) is 3.00. The van der Waals surface area contributed by atoms with Crippen LogP contribution >= 0.6 is 0 Å². The smallest absolute Gasteiger partial charge is 0.281 e. The van der Waals surface area contributed by atoms with Crippen molar-refractivity contribution >= 4 is 21.8 Å². The van der Waals surface area contributed by atoms with Gasteiger partial charge in [0.2, 0.25) is 0 Å². The largest absolute Gasteiger partial charge is 0.345 e. The maximum Gasteiger partial charge on any atom is 0.281 e. The van der Waals surface area contributed by atoms with Crippen LogP contribution in [0.3, 0.4) is 0 Å². The van der Waals surface area contributed by atoms with Crippen LogP contribution in [0.1, 0.15) is 28.4 Å². The van der Waals surface area contributed by atoms with E-state index in [1.54, 1.807) is 24.8 Å². The highest BCUT2D eigenvalue weighted by atomic mass is 32.2. The van der Waals surface area contributed by atoms with Gasteiger partial charge in [-0.3, -0.25) is 4.79 Å². The quantitative estimate of drug-likeness (QED) is 0.761. The molecule has 1 fully saturated rings. The maximum atomic E-state index is 12.3. The third-order valence-corrected chi connectivity index (χ3v) is 6.33. The Morgan fingerprint density at radius 1 is 1.28 bits per heavy atom. The first-order valence-electron chi connectivity index (χ1n) is 7.95. The van der Waals surface area contributed by atoms with Crippen molar-refractivity contribution in [3.8, 4) is 0 Å². The van der Waals surface area contributed by atoms with Crippen molar-refractivity contribution in [2.24, 2.45) is 0 Å². The third-order valence-electron chi connectivity index (χ3n) is 4.42. The van der Waals surface area contributed by atoms with Gasteiger partial charge in [0, 0.05) is 53.4 Å². The minimum absolute atomic E-state index is 0.00225. The Morgan fingerprint density at radius 2 is 2.00 bits per heavy atom. The van der Waals surface area contributed by atoms with Gasteiger partial charge in [-0.2, -0.15) is 22.1 Å². The van der Waals surface area contributed by atoms with Gasteiger partial charge >= 0.3 is 0 Å². The van der Waals surface area contributed by atoms with Gasteiger partial charge in [0.05, 0.1) is 11.9 Å². The summed E-state index contributed by atoms with van der Waals surface area (Å²) in [6.07, 6.45) is 3.85. The van der Waals surface area contributed by atoms with E-state index in [0.29, 0.717) is 30.7 Å². The van der Waals surface area contributed by atoms with Gasteiger partial charge in [-0.25, -0.2) is 9.50 Å². The number of rotatable bonds is 4. The van der Waals surface area contributed by atoms with Crippen molar-refractivity contribution < 1.29 is 13.2 Å². The molecule has 0 aromatic carbocycles. The number of hydrogen-bond acceptors (Lipinski definition) is 5. The van der Waals surface area contributed by atoms with Crippen LogP contribution in [0.5, 0.6) is 0 Å². The second kappa shape index (κ2) is 6.36. The van der Waals surface area contributed by atoms with Crippen molar-refractivity contribution in [2.45, 2.75) is 12.3 Å². The van der Waals surface area contributed by atoms with Crippen molar-refractivity contribution in [1.29, 1.82) is 0 Å². The molecule has 9 nitrogen and oxygen atoms in total. The molecule has 0 saturated carbocycles. The summed E-state index contributed by atoms with van der Waals surface area (Å²) in [5.41, 5.74) is 1.78. The highest BCUT2D eigenvalue weighted by Gasteiger charge is 2.34. The summed E-state index contributed by atoms with van der Waals surface area (Å²) >= 11 is 0. The van der Waals surface area contributed by atoms with Crippen LogP contribution in [0.2, 0.25) is 0 Å². The zero-order valence-electron chi connectivity index (χ0n) is 14.7. The highest BCUT2D eigenvalue weighted by molar-refractivity contribution is 7.86. The molecular weight excluding hydrogens is 344 g/mol. The van der Waals surface area contributed by atoms with Crippen molar-refractivity contribution in [3.63, 3.8) is 0 Å². The zero-order chi connectivity index (χ0) is 18.4. The lowest BCUT2D eigenvalue weighted by molar-refractivity contribution is 0.0829. The van der Waals surface area contributed by atoms with Crippen molar-refractivity contribution in [1.82, 2.24) is 28.1 Å². The summed E-state index contributed by atoms with van der Waals surface area (Å²) in [4.78, 5) is 18.0. The van der Waals surface area contributed by atoms with E-state index in [0.717, 1.165) is 5.69 Å². The first kappa shape index (κ1) is 17.8. The molecular formula is C15H22N6O3S. The van der Waals surface area contributed by atoms with Crippen LogP contribution in [0.4, 0.5) is 0 Å². The molecule has 0 unspecified atom stereocenters. The SMILES string of the molecule is CN(C)C(=O)c1cnn2c([C@H]3CCN(S(=O)(=O)N(C)C)C3)ccnc12. The molecule has 3 heterocycles. The fourth-order valence-electron chi connectivity index (χ4n) is 3.02. The first-order valence-corrected chi connectivity index (χ1v) is 9.35. The Morgan fingerprint density at radius 3 is 2.64 bits per heavy atom. The van der Waals surface area contributed by atoms with E-state index in [4.69, 9.17) is 0 Å². The minimum atomic E-state index is -3.43. The number of aromatic nitrogens is 3. The van der Waals surface area contributed by atoms with E-state index in [9.17, 15) is 13.2 Å². The summed E-state index contributed by atoms with van der Waals surface area (Å²) < 4.78 is 29.0. The molecule has 1 atom stereocenters. The highest BCUT2D eigenvalue weighted by Crippen LogP contribution is 2.29. The number of hydrogen-bond donors (Lipinski definition) is 0. The topological polar surface area (TPSA) is 91.1 Å². The molecule has 2 aromatic rings. The van der Waals surface area contributed by atoms with Crippen LogP contribution < -0.4 is 0 Å². The molecule has 0 N–H and O–H groups in total. The van der Waals surface area contributed by atoms with Crippen LogP contribution in [-0.4, -0.2) is 83.7 Å². The molecule has 2 aromatic heterocycles. The van der Waals surface area contributed by atoms with Crippen LogP contribution in [0, 0.1) is 0 Å². The second-order valence-corrected chi connectivity index (χ2v) is 8.64. The zero-order valence-corrected chi connectivity index (χ0v) is 15.6. The van der Waals surface area contributed by atoms with Gasteiger partial charge in [0.1, 0.15) is 5.56 Å². The molecule has 1 amide bonds. The molecule has 25 heavy (non-hydrogen) atoms. The molecule has 0 radical (unpaired) electrons. The number of carbonyl (C=O) groups is 1. The summed E-state index contributed by atoms with van der Waals surface area (Å²) in [7, 11) is 2.98. The lowest BCUT2D eigenvalue weighted by atomic mass is 10.0. The lowest BCUT2D eigenvalue weighted by Gasteiger charge is -2.21. The van der Waals surface area contributed by atoms with E-state index in [1.165, 1.54) is 33.8 Å². The van der Waals surface area contributed by atoms with Gasteiger partial charge in [-0.05, 0) is 12.5 Å². The fraction of sp³-hybridized carbons (Fsp3) is 0.533. The van der Waals surface area contributed by atoms with Gasteiger partial charge in [-0.15, -0.1) is 0 Å². The van der Waals surface area contributed by atoms with E-state index >= 15 is 0 Å². The second-order valence-electron chi connectivity index (χ2n) is 6.50. The monoisotopic (exact) mass is 366 g/mol. The molecule has 1 aliphatic heterocycles. The number of carbonyl (C=O) groups excluding carboxylic acids is 1. The summed E-state index contributed by atoms with van der Waals surface area (Å²) in [6, 6.07) is 1.83. The normalized spacial score (nSPS) is 19.0. The van der Waals surface area contributed by atoms with Gasteiger partial charge in [0.25, 0.3) is 16.1 Å². The Labute approximate surface area is 147 Å². The molecule has 136 valence electrons. The molecule has 0 spiro atoms. The molecule has 0 bridgehead atoms. The summed E-state index contributed by atoms with van der Waals surface area (Å²) in [5.74, 6) is -0.162. The average molecular weight is 366 g/mol. The Bertz CT molecular complexity index is 905. The molecule has 1 aliphatic rings. The summed E-state index contributed by atoms with van der Waals surface area (Å²) in [6.45, 7) is 0.843. The van der Waals surface area contributed by atoms with Gasteiger partial charge in [0.15, 0.2) is 5.65 Å². The Balaban J connectivity index is 1.95. The minimum Gasteiger partial charge on any atom is -0.345 e. The van der Waals surface area contributed by atoms with E-state index in [-0.39, 0.29) is 11.8 Å². The Hall–Kier alpha value is -2.04. The molecule has 1 saturated heterocycles. The van der Waals surface area contributed by atoms with Crippen molar-refractivity contribution in [2.75, 3.05) is 41.3 Å². The van der Waals surface area contributed by atoms with E-state index in [2.05, 4.69) is 10.1 Å². The number of fused-ring (bicyclic) bond motifs is 1. The van der Waals surface area contributed by atoms with E-state index < -0.39 is 10.2 Å².